The van der Waals surface area contributed by atoms with E-state index in [1.165, 1.54) is 0 Å². The summed E-state index contributed by atoms with van der Waals surface area (Å²) in [6.07, 6.45) is 0. The topological polar surface area (TPSA) is 71.5 Å². The van der Waals surface area contributed by atoms with Crippen molar-refractivity contribution in [1.82, 2.24) is 15.4 Å². The van der Waals surface area contributed by atoms with Crippen molar-refractivity contribution in [3.63, 3.8) is 0 Å². The van der Waals surface area contributed by atoms with E-state index < -0.39 is 0 Å². The molecule has 1 aromatic heterocycles. The number of hydrogen-bond acceptors (Lipinski definition) is 7. The third-order valence-corrected chi connectivity index (χ3v) is 4.75. The SMILES string of the molecule is CONCc1ccc(Nc2nc(-c3ccccc3)cc(N3CCOCC3)n2)cc1. The molecule has 150 valence electrons. The highest BCUT2D eigenvalue weighted by atomic mass is 16.6. The van der Waals surface area contributed by atoms with E-state index in [1.54, 1.807) is 7.11 Å². The number of benzene rings is 2. The highest BCUT2D eigenvalue weighted by Crippen LogP contribution is 2.25. The summed E-state index contributed by atoms with van der Waals surface area (Å²) < 4.78 is 5.49. The Hall–Kier alpha value is -3.00. The Labute approximate surface area is 170 Å². The van der Waals surface area contributed by atoms with Crippen LogP contribution in [0.4, 0.5) is 17.5 Å². The van der Waals surface area contributed by atoms with Crippen LogP contribution < -0.4 is 15.7 Å². The standard InChI is InChI=1S/C22H25N5O2/c1-28-23-16-17-7-9-19(10-8-17)24-22-25-20(18-5-3-2-4-6-18)15-21(26-22)27-11-13-29-14-12-27/h2-10,15,23H,11-14,16H2,1H3,(H,24,25,26). The van der Waals surface area contributed by atoms with E-state index in [9.17, 15) is 0 Å². The second-order valence-corrected chi connectivity index (χ2v) is 6.75. The van der Waals surface area contributed by atoms with E-state index in [0.717, 1.165) is 41.4 Å². The number of nitrogens with zero attached hydrogens (tertiary/aromatic N) is 3. The predicted octanol–water partition coefficient (Wildman–Crippen LogP) is 3.37. The van der Waals surface area contributed by atoms with Crippen LogP contribution in [0.5, 0.6) is 0 Å². The average Bonchev–Trinajstić information content (AvgIpc) is 2.79. The molecule has 0 bridgehead atoms. The Balaban J connectivity index is 1.61. The first-order chi connectivity index (χ1) is 14.3. The highest BCUT2D eigenvalue weighted by Gasteiger charge is 2.16. The molecule has 0 saturated carbocycles. The Morgan fingerprint density at radius 3 is 2.48 bits per heavy atom. The third-order valence-electron chi connectivity index (χ3n) is 4.75. The zero-order valence-corrected chi connectivity index (χ0v) is 16.5. The summed E-state index contributed by atoms with van der Waals surface area (Å²) in [5.41, 5.74) is 6.86. The van der Waals surface area contributed by atoms with E-state index in [-0.39, 0.29) is 0 Å². The number of morpholine rings is 1. The summed E-state index contributed by atoms with van der Waals surface area (Å²) in [5, 5.41) is 3.35. The van der Waals surface area contributed by atoms with Gasteiger partial charge in [0.25, 0.3) is 0 Å². The van der Waals surface area contributed by atoms with Gasteiger partial charge in [0, 0.05) is 37.0 Å². The van der Waals surface area contributed by atoms with Gasteiger partial charge in [0.15, 0.2) is 0 Å². The largest absolute Gasteiger partial charge is 0.378 e. The molecule has 2 heterocycles. The molecule has 2 aromatic carbocycles. The summed E-state index contributed by atoms with van der Waals surface area (Å²) in [6, 6.07) is 20.3. The van der Waals surface area contributed by atoms with Gasteiger partial charge < -0.3 is 19.8 Å². The Bertz CT molecular complexity index is 912. The van der Waals surface area contributed by atoms with Crippen molar-refractivity contribution in [2.24, 2.45) is 0 Å². The number of rotatable bonds is 7. The molecule has 0 amide bonds. The molecule has 0 radical (unpaired) electrons. The van der Waals surface area contributed by atoms with Gasteiger partial charge in [0.1, 0.15) is 5.82 Å². The fourth-order valence-corrected chi connectivity index (χ4v) is 3.19. The first-order valence-electron chi connectivity index (χ1n) is 9.71. The molecule has 29 heavy (non-hydrogen) atoms. The van der Waals surface area contributed by atoms with Gasteiger partial charge in [-0.1, -0.05) is 42.5 Å². The highest BCUT2D eigenvalue weighted by molar-refractivity contribution is 5.66. The number of ether oxygens (including phenoxy) is 1. The van der Waals surface area contributed by atoms with Crippen LogP contribution in [0.3, 0.4) is 0 Å². The maximum Gasteiger partial charge on any atom is 0.229 e. The number of nitrogens with one attached hydrogen (secondary N) is 2. The molecule has 7 heteroatoms. The second-order valence-electron chi connectivity index (χ2n) is 6.75. The molecule has 0 atom stereocenters. The molecule has 1 saturated heterocycles. The molecule has 0 aliphatic carbocycles. The second kappa shape index (κ2) is 9.47. The molecule has 4 rings (SSSR count). The summed E-state index contributed by atoms with van der Waals surface area (Å²) >= 11 is 0. The molecule has 1 aliphatic heterocycles. The van der Waals surface area contributed by atoms with Gasteiger partial charge in [-0.15, -0.1) is 0 Å². The lowest BCUT2D eigenvalue weighted by molar-refractivity contribution is 0.0867. The van der Waals surface area contributed by atoms with E-state index in [1.807, 2.05) is 48.5 Å². The molecule has 2 N–H and O–H groups in total. The van der Waals surface area contributed by atoms with Crippen molar-refractivity contribution in [1.29, 1.82) is 0 Å². The monoisotopic (exact) mass is 391 g/mol. The van der Waals surface area contributed by atoms with E-state index >= 15 is 0 Å². The van der Waals surface area contributed by atoms with Gasteiger partial charge >= 0.3 is 0 Å². The molecule has 0 spiro atoms. The van der Waals surface area contributed by atoms with Crippen molar-refractivity contribution in [2.75, 3.05) is 43.6 Å². The maximum absolute atomic E-state index is 5.49. The quantitative estimate of drug-likeness (QED) is 0.598. The molecular formula is C22H25N5O2. The summed E-state index contributed by atoms with van der Waals surface area (Å²) in [5.74, 6) is 1.49. The van der Waals surface area contributed by atoms with Crippen LogP contribution in [0.15, 0.2) is 60.7 Å². The van der Waals surface area contributed by atoms with Crippen molar-refractivity contribution in [3.8, 4) is 11.3 Å². The molecule has 3 aromatic rings. The van der Waals surface area contributed by atoms with Crippen LogP contribution in [0.1, 0.15) is 5.56 Å². The van der Waals surface area contributed by atoms with Crippen LogP contribution >= 0.6 is 0 Å². The van der Waals surface area contributed by atoms with Crippen LogP contribution in [-0.2, 0) is 16.1 Å². The van der Waals surface area contributed by atoms with Gasteiger partial charge in [-0.3, -0.25) is 0 Å². The molecule has 1 aliphatic rings. The zero-order chi connectivity index (χ0) is 19.9. The van der Waals surface area contributed by atoms with Crippen molar-refractivity contribution in [2.45, 2.75) is 6.54 Å². The van der Waals surface area contributed by atoms with Gasteiger partial charge in [-0.2, -0.15) is 10.5 Å². The van der Waals surface area contributed by atoms with Gasteiger partial charge in [0.05, 0.1) is 26.0 Å². The van der Waals surface area contributed by atoms with Crippen molar-refractivity contribution in [3.05, 3.63) is 66.2 Å². The summed E-state index contributed by atoms with van der Waals surface area (Å²) in [7, 11) is 1.61. The van der Waals surface area contributed by atoms with Crippen LogP contribution in [-0.4, -0.2) is 43.4 Å². The normalized spacial score (nSPS) is 14.0. The third kappa shape index (κ3) is 5.08. The van der Waals surface area contributed by atoms with Gasteiger partial charge in [-0.05, 0) is 17.7 Å². The van der Waals surface area contributed by atoms with E-state index in [2.05, 4.69) is 27.8 Å². The summed E-state index contributed by atoms with van der Waals surface area (Å²) in [6.45, 7) is 3.73. The predicted molar refractivity (Wildman–Crippen MR) is 114 cm³/mol. The van der Waals surface area contributed by atoms with Crippen LogP contribution in [0.25, 0.3) is 11.3 Å². The van der Waals surface area contributed by atoms with Crippen molar-refractivity contribution < 1.29 is 9.57 Å². The molecule has 7 nitrogen and oxygen atoms in total. The maximum atomic E-state index is 5.49. The molecule has 1 fully saturated rings. The lowest BCUT2D eigenvalue weighted by Gasteiger charge is -2.28. The lowest BCUT2D eigenvalue weighted by atomic mass is 10.1. The number of hydrogen-bond donors (Lipinski definition) is 2. The number of anilines is 3. The molecule has 0 unspecified atom stereocenters. The lowest BCUT2D eigenvalue weighted by Crippen LogP contribution is -2.36. The smallest absolute Gasteiger partial charge is 0.229 e. The first kappa shape index (κ1) is 19.3. The minimum atomic E-state index is 0.579. The minimum Gasteiger partial charge on any atom is -0.378 e. The Morgan fingerprint density at radius 1 is 1.00 bits per heavy atom. The fourth-order valence-electron chi connectivity index (χ4n) is 3.19. The van der Waals surface area contributed by atoms with E-state index in [4.69, 9.17) is 19.5 Å². The number of hydroxylamine groups is 1. The van der Waals surface area contributed by atoms with E-state index in [0.29, 0.717) is 25.7 Å². The van der Waals surface area contributed by atoms with Gasteiger partial charge in [-0.25, -0.2) is 4.98 Å². The fraction of sp³-hybridized carbons (Fsp3) is 0.273. The zero-order valence-electron chi connectivity index (χ0n) is 16.5. The average molecular weight is 391 g/mol. The Kier molecular flexibility index (Phi) is 6.31. The number of aromatic nitrogens is 2. The van der Waals surface area contributed by atoms with Crippen molar-refractivity contribution >= 4 is 17.5 Å². The van der Waals surface area contributed by atoms with Gasteiger partial charge in [0.2, 0.25) is 5.95 Å². The Morgan fingerprint density at radius 2 is 1.76 bits per heavy atom. The van der Waals surface area contributed by atoms with Crippen LogP contribution in [0.2, 0.25) is 0 Å². The first-order valence-corrected chi connectivity index (χ1v) is 9.71. The minimum absolute atomic E-state index is 0.579. The summed E-state index contributed by atoms with van der Waals surface area (Å²) in [4.78, 5) is 16.7. The molecular weight excluding hydrogens is 366 g/mol. The van der Waals surface area contributed by atoms with Crippen LogP contribution in [0, 0.1) is 0 Å².